The Morgan fingerprint density at radius 3 is 2.10 bits per heavy atom. The highest BCUT2D eigenvalue weighted by Crippen LogP contribution is 2.50. The number of methoxy groups -OCH3 is 2. The molecule has 1 aromatic carbocycles. The first-order valence-electron chi connectivity index (χ1n) is 7.46. The van der Waals surface area contributed by atoms with Gasteiger partial charge in [0.2, 0.25) is 0 Å². The van der Waals surface area contributed by atoms with Crippen molar-refractivity contribution in [2.24, 2.45) is 5.92 Å². The van der Waals surface area contributed by atoms with Crippen LogP contribution in [0.15, 0.2) is 12.1 Å². The highest BCUT2D eigenvalue weighted by molar-refractivity contribution is 5.69. The summed E-state index contributed by atoms with van der Waals surface area (Å²) in [6, 6.07) is 3.79. The van der Waals surface area contributed by atoms with Crippen molar-refractivity contribution in [2.75, 3.05) is 14.2 Å². The van der Waals surface area contributed by atoms with Gasteiger partial charge in [0.25, 0.3) is 0 Å². The van der Waals surface area contributed by atoms with Gasteiger partial charge in [-0.05, 0) is 36.8 Å². The monoisotopic (exact) mass is 292 g/mol. The van der Waals surface area contributed by atoms with E-state index in [1.807, 2.05) is 12.1 Å². The van der Waals surface area contributed by atoms with Crippen molar-refractivity contribution in [2.45, 2.75) is 44.9 Å². The molecular weight excluding hydrogens is 268 g/mol. The molecule has 0 aliphatic heterocycles. The van der Waals surface area contributed by atoms with Gasteiger partial charge in [-0.1, -0.05) is 13.8 Å². The van der Waals surface area contributed by atoms with Crippen LogP contribution in [0.3, 0.4) is 0 Å². The van der Waals surface area contributed by atoms with Crippen LogP contribution < -0.4 is 9.47 Å². The van der Waals surface area contributed by atoms with Crippen LogP contribution in [0, 0.1) is 5.92 Å². The van der Waals surface area contributed by atoms with Crippen LogP contribution in [-0.4, -0.2) is 25.3 Å². The molecule has 1 aromatic rings. The predicted octanol–water partition coefficient (Wildman–Crippen LogP) is 3.80. The summed E-state index contributed by atoms with van der Waals surface area (Å²) in [5, 5.41) is 9.27. The SMILES string of the molecule is COc1ccc(OC)c(C(CC(=O)O)C2CC2)c1C(C)C. The van der Waals surface area contributed by atoms with Crippen molar-refractivity contribution in [3.05, 3.63) is 23.3 Å². The summed E-state index contributed by atoms with van der Waals surface area (Å²) in [5.41, 5.74) is 2.10. The minimum Gasteiger partial charge on any atom is -0.496 e. The van der Waals surface area contributed by atoms with E-state index in [1.165, 1.54) is 0 Å². The van der Waals surface area contributed by atoms with E-state index in [-0.39, 0.29) is 18.3 Å². The van der Waals surface area contributed by atoms with E-state index in [0.717, 1.165) is 35.5 Å². The van der Waals surface area contributed by atoms with Crippen LogP contribution >= 0.6 is 0 Å². The van der Waals surface area contributed by atoms with Crippen molar-refractivity contribution in [1.82, 2.24) is 0 Å². The van der Waals surface area contributed by atoms with Crippen LogP contribution in [0.1, 0.15) is 56.1 Å². The van der Waals surface area contributed by atoms with Gasteiger partial charge >= 0.3 is 5.97 Å². The molecule has 1 N–H and O–H groups in total. The van der Waals surface area contributed by atoms with Gasteiger partial charge in [-0.25, -0.2) is 0 Å². The summed E-state index contributed by atoms with van der Waals surface area (Å²) < 4.78 is 11.0. The van der Waals surface area contributed by atoms with Gasteiger partial charge in [-0.15, -0.1) is 0 Å². The largest absolute Gasteiger partial charge is 0.496 e. The van der Waals surface area contributed by atoms with Gasteiger partial charge in [-0.3, -0.25) is 4.79 Å². The van der Waals surface area contributed by atoms with E-state index in [2.05, 4.69) is 13.8 Å². The highest BCUT2D eigenvalue weighted by Gasteiger charge is 2.37. The van der Waals surface area contributed by atoms with E-state index in [1.54, 1.807) is 14.2 Å². The molecule has 0 radical (unpaired) electrons. The zero-order chi connectivity index (χ0) is 15.6. The molecule has 1 saturated carbocycles. The topological polar surface area (TPSA) is 55.8 Å². The standard InChI is InChI=1S/C17H24O4/c1-10(2)16-13(20-3)7-8-14(21-4)17(16)12(9-15(18)19)11-5-6-11/h7-8,10-12H,5-6,9H2,1-4H3,(H,18,19). The lowest BCUT2D eigenvalue weighted by Gasteiger charge is -2.25. The maximum atomic E-state index is 11.3. The lowest BCUT2D eigenvalue weighted by molar-refractivity contribution is -0.137. The summed E-state index contributed by atoms with van der Waals surface area (Å²) >= 11 is 0. The number of hydrogen-bond acceptors (Lipinski definition) is 3. The fourth-order valence-electron chi connectivity index (χ4n) is 3.12. The van der Waals surface area contributed by atoms with Gasteiger partial charge in [0.05, 0.1) is 20.6 Å². The molecule has 2 rings (SSSR count). The number of carboxylic acids is 1. The predicted molar refractivity (Wildman–Crippen MR) is 81.4 cm³/mol. The second-order valence-electron chi connectivity index (χ2n) is 5.99. The number of rotatable bonds is 7. The van der Waals surface area contributed by atoms with E-state index in [4.69, 9.17) is 9.47 Å². The molecule has 0 aromatic heterocycles. The molecule has 1 aliphatic carbocycles. The Labute approximate surface area is 126 Å². The molecule has 1 fully saturated rings. The third-order valence-corrected chi connectivity index (χ3v) is 4.18. The Morgan fingerprint density at radius 1 is 1.19 bits per heavy atom. The highest BCUT2D eigenvalue weighted by atomic mass is 16.5. The Hall–Kier alpha value is -1.71. The van der Waals surface area contributed by atoms with Crippen molar-refractivity contribution < 1.29 is 19.4 Å². The van der Waals surface area contributed by atoms with Crippen molar-refractivity contribution in [3.63, 3.8) is 0 Å². The normalized spacial score (nSPS) is 15.9. The Balaban J connectivity index is 2.58. The molecule has 0 saturated heterocycles. The number of carbonyl (C=O) groups is 1. The van der Waals surface area contributed by atoms with Crippen molar-refractivity contribution in [3.8, 4) is 11.5 Å². The second-order valence-corrected chi connectivity index (χ2v) is 5.99. The summed E-state index contributed by atoms with van der Waals surface area (Å²) in [4.78, 5) is 11.3. The number of carboxylic acid groups (broad SMARTS) is 1. The lowest BCUT2D eigenvalue weighted by atomic mass is 9.83. The van der Waals surface area contributed by atoms with E-state index in [9.17, 15) is 9.90 Å². The fourth-order valence-corrected chi connectivity index (χ4v) is 3.12. The molecule has 0 bridgehead atoms. The van der Waals surface area contributed by atoms with Crippen LogP contribution in [0.4, 0.5) is 0 Å². The lowest BCUT2D eigenvalue weighted by Crippen LogP contribution is -2.13. The molecule has 1 aliphatic rings. The third kappa shape index (κ3) is 3.31. The molecule has 0 spiro atoms. The zero-order valence-corrected chi connectivity index (χ0v) is 13.2. The zero-order valence-electron chi connectivity index (χ0n) is 13.2. The summed E-state index contributed by atoms with van der Waals surface area (Å²) in [5.74, 6) is 1.53. The van der Waals surface area contributed by atoms with E-state index >= 15 is 0 Å². The maximum Gasteiger partial charge on any atom is 0.303 e. The first-order chi connectivity index (χ1) is 9.99. The number of hydrogen-bond donors (Lipinski definition) is 1. The van der Waals surface area contributed by atoms with Gasteiger partial charge in [0, 0.05) is 17.0 Å². The van der Waals surface area contributed by atoms with Gasteiger partial charge in [-0.2, -0.15) is 0 Å². The van der Waals surface area contributed by atoms with E-state index in [0.29, 0.717) is 5.92 Å². The molecule has 21 heavy (non-hydrogen) atoms. The summed E-state index contributed by atoms with van der Waals surface area (Å²) in [6.07, 6.45) is 2.33. The molecule has 4 heteroatoms. The molecule has 0 amide bonds. The molecular formula is C17H24O4. The van der Waals surface area contributed by atoms with Gasteiger partial charge in [0.1, 0.15) is 11.5 Å². The minimum atomic E-state index is -0.758. The van der Waals surface area contributed by atoms with Crippen molar-refractivity contribution >= 4 is 5.97 Å². The number of benzene rings is 1. The van der Waals surface area contributed by atoms with Crippen LogP contribution in [0.25, 0.3) is 0 Å². The molecule has 4 nitrogen and oxygen atoms in total. The molecule has 1 atom stereocenters. The second kappa shape index (κ2) is 6.37. The Bertz CT molecular complexity index is 518. The third-order valence-electron chi connectivity index (χ3n) is 4.18. The fraction of sp³-hybridized carbons (Fsp3) is 0.588. The maximum absolute atomic E-state index is 11.3. The number of aliphatic carboxylic acids is 1. The van der Waals surface area contributed by atoms with Crippen molar-refractivity contribution in [1.29, 1.82) is 0 Å². The summed E-state index contributed by atoms with van der Waals surface area (Å²) in [7, 11) is 3.29. The van der Waals surface area contributed by atoms with Crippen LogP contribution in [0.5, 0.6) is 11.5 Å². The minimum absolute atomic E-state index is 0.00458. The summed E-state index contributed by atoms with van der Waals surface area (Å²) in [6.45, 7) is 4.21. The van der Waals surface area contributed by atoms with E-state index < -0.39 is 5.97 Å². The van der Waals surface area contributed by atoms with Gasteiger partial charge in [0.15, 0.2) is 0 Å². The Morgan fingerprint density at radius 2 is 1.71 bits per heavy atom. The Kier molecular flexibility index (Phi) is 4.76. The first-order valence-corrected chi connectivity index (χ1v) is 7.46. The average Bonchev–Trinajstić information content (AvgIpc) is 3.27. The van der Waals surface area contributed by atoms with Gasteiger partial charge < -0.3 is 14.6 Å². The first kappa shape index (κ1) is 15.7. The average molecular weight is 292 g/mol. The molecule has 1 unspecified atom stereocenters. The quantitative estimate of drug-likeness (QED) is 0.830. The number of ether oxygens (including phenoxy) is 2. The van der Waals surface area contributed by atoms with Crippen LogP contribution in [-0.2, 0) is 4.79 Å². The smallest absolute Gasteiger partial charge is 0.303 e. The van der Waals surface area contributed by atoms with Crippen LogP contribution in [0.2, 0.25) is 0 Å². The molecule has 116 valence electrons. The molecule has 0 heterocycles.